The molecule has 6 nitrogen and oxygen atoms in total. The summed E-state index contributed by atoms with van der Waals surface area (Å²) in [4.78, 5) is 25.7. The van der Waals surface area contributed by atoms with E-state index in [1.807, 2.05) is 32.0 Å². The highest BCUT2D eigenvalue weighted by atomic mass is 16.1. The number of hydrogen-bond donors (Lipinski definition) is 1. The Kier molecular flexibility index (Phi) is 6.66. The van der Waals surface area contributed by atoms with Crippen LogP contribution in [-0.2, 0) is 11.3 Å². The summed E-state index contributed by atoms with van der Waals surface area (Å²) in [5, 5.41) is 11.2. The van der Waals surface area contributed by atoms with Crippen LogP contribution < -0.4 is 5.32 Å². The molecule has 0 radical (unpaired) electrons. The molecule has 128 valence electrons. The van der Waals surface area contributed by atoms with Crippen molar-refractivity contribution >= 4 is 11.7 Å². The van der Waals surface area contributed by atoms with Gasteiger partial charge in [0.15, 0.2) is 5.78 Å². The van der Waals surface area contributed by atoms with Crippen molar-refractivity contribution < 1.29 is 9.59 Å². The van der Waals surface area contributed by atoms with Crippen LogP contribution in [0.1, 0.15) is 43.5 Å². The van der Waals surface area contributed by atoms with Gasteiger partial charge in [-0.25, -0.2) is 0 Å². The molecule has 1 aromatic carbocycles. The van der Waals surface area contributed by atoms with Gasteiger partial charge in [-0.1, -0.05) is 44.2 Å². The molecule has 0 spiro atoms. The maximum Gasteiger partial charge on any atom is 0.220 e. The Morgan fingerprint density at radius 1 is 1.08 bits per heavy atom. The molecule has 0 aliphatic heterocycles. The minimum absolute atomic E-state index is 0.0327. The minimum Gasteiger partial charge on any atom is -0.351 e. The van der Waals surface area contributed by atoms with Gasteiger partial charge in [0.1, 0.15) is 0 Å². The van der Waals surface area contributed by atoms with E-state index in [0.29, 0.717) is 31.4 Å². The summed E-state index contributed by atoms with van der Waals surface area (Å²) in [5.74, 6) is 0.303. The first-order valence-corrected chi connectivity index (χ1v) is 8.28. The maximum atomic E-state index is 12.1. The Hall–Kier alpha value is -2.50. The van der Waals surface area contributed by atoms with Gasteiger partial charge in [-0.05, 0) is 12.3 Å². The molecule has 1 atom stereocenters. The lowest BCUT2D eigenvalue weighted by molar-refractivity contribution is -0.122. The lowest BCUT2D eigenvalue weighted by Gasteiger charge is -2.21. The van der Waals surface area contributed by atoms with Crippen molar-refractivity contribution in [2.45, 2.75) is 45.7 Å². The summed E-state index contributed by atoms with van der Waals surface area (Å²) in [6, 6.07) is 9.13. The van der Waals surface area contributed by atoms with Crippen LogP contribution in [-0.4, -0.2) is 32.7 Å². The zero-order valence-corrected chi connectivity index (χ0v) is 14.2. The summed E-state index contributed by atoms with van der Waals surface area (Å²) in [5.41, 5.74) is 0.697. The Bertz CT molecular complexity index is 638. The molecule has 6 heteroatoms. The topological polar surface area (TPSA) is 76.9 Å². The number of carbonyl (C=O) groups excluding carboxylic acids is 2. The van der Waals surface area contributed by atoms with Crippen molar-refractivity contribution in [2.75, 3.05) is 0 Å². The predicted octanol–water partition coefficient (Wildman–Crippen LogP) is 2.47. The molecule has 1 unspecified atom stereocenters. The fourth-order valence-corrected chi connectivity index (χ4v) is 2.39. The van der Waals surface area contributed by atoms with Crippen molar-refractivity contribution in [1.29, 1.82) is 0 Å². The molecule has 1 amide bonds. The van der Waals surface area contributed by atoms with Gasteiger partial charge in [-0.2, -0.15) is 15.0 Å². The number of hydrogen-bond acceptors (Lipinski definition) is 4. The standard InChI is InChI=1S/C18H24N4O2/c1-14(2)16(13-22-19-11-12-20-22)21-18(24)10-6-9-17(23)15-7-4-3-5-8-15/h3-5,7-8,11-12,14,16H,6,9-10,13H2,1-2H3,(H,21,24). The van der Waals surface area contributed by atoms with Crippen LogP contribution in [0.3, 0.4) is 0 Å². The van der Waals surface area contributed by atoms with Gasteiger partial charge in [0, 0.05) is 18.4 Å². The highest BCUT2D eigenvalue weighted by molar-refractivity contribution is 5.96. The van der Waals surface area contributed by atoms with E-state index in [9.17, 15) is 9.59 Å². The summed E-state index contributed by atoms with van der Waals surface area (Å²) in [6.45, 7) is 4.64. The van der Waals surface area contributed by atoms with E-state index in [1.54, 1.807) is 29.3 Å². The zero-order chi connectivity index (χ0) is 17.4. The number of rotatable bonds is 9. The fourth-order valence-electron chi connectivity index (χ4n) is 2.39. The van der Waals surface area contributed by atoms with Gasteiger partial charge in [0.2, 0.25) is 5.91 Å². The van der Waals surface area contributed by atoms with Crippen LogP contribution in [0, 0.1) is 5.92 Å². The molecule has 0 saturated heterocycles. The van der Waals surface area contributed by atoms with Crippen LogP contribution in [0.25, 0.3) is 0 Å². The van der Waals surface area contributed by atoms with Crippen LogP contribution >= 0.6 is 0 Å². The normalized spacial score (nSPS) is 12.1. The molecule has 2 rings (SSSR count). The Morgan fingerprint density at radius 2 is 1.75 bits per heavy atom. The van der Waals surface area contributed by atoms with Crippen LogP contribution in [0.15, 0.2) is 42.7 Å². The highest BCUT2D eigenvalue weighted by Crippen LogP contribution is 2.08. The van der Waals surface area contributed by atoms with Crippen molar-refractivity contribution in [3.8, 4) is 0 Å². The van der Waals surface area contributed by atoms with Gasteiger partial charge in [-0.15, -0.1) is 0 Å². The summed E-state index contributed by atoms with van der Waals surface area (Å²) in [7, 11) is 0. The van der Waals surface area contributed by atoms with Crippen LogP contribution in [0.5, 0.6) is 0 Å². The maximum absolute atomic E-state index is 12.1. The largest absolute Gasteiger partial charge is 0.351 e. The lowest BCUT2D eigenvalue weighted by Crippen LogP contribution is -2.41. The quantitative estimate of drug-likeness (QED) is 0.717. The van der Waals surface area contributed by atoms with E-state index >= 15 is 0 Å². The SMILES string of the molecule is CC(C)C(Cn1nccn1)NC(=O)CCCC(=O)c1ccccc1. The first kappa shape index (κ1) is 17.8. The van der Waals surface area contributed by atoms with Crippen molar-refractivity contribution in [1.82, 2.24) is 20.3 Å². The number of amides is 1. The molecule has 0 aliphatic carbocycles. The molecule has 0 bridgehead atoms. The van der Waals surface area contributed by atoms with Crippen LogP contribution in [0.4, 0.5) is 0 Å². The number of Topliss-reactive ketones (excluding diaryl/α,β-unsaturated/α-hetero) is 1. The molecule has 0 fully saturated rings. The first-order valence-electron chi connectivity index (χ1n) is 8.28. The molecular formula is C18H24N4O2. The molecule has 1 N–H and O–H groups in total. The first-order chi connectivity index (χ1) is 11.6. The zero-order valence-electron chi connectivity index (χ0n) is 14.2. The number of carbonyl (C=O) groups is 2. The highest BCUT2D eigenvalue weighted by Gasteiger charge is 2.17. The molecule has 24 heavy (non-hydrogen) atoms. The second-order valence-electron chi connectivity index (χ2n) is 6.14. The van der Waals surface area contributed by atoms with E-state index in [1.165, 1.54) is 0 Å². The van der Waals surface area contributed by atoms with Crippen molar-refractivity contribution in [3.63, 3.8) is 0 Å². The fraction of sp³-hybridized carbons (Fsp3) is 0.444. The third-order valence-corrected chi connectivity index (χ3v) is 3.88. The van der Waals surface area contributed by atoms with Crippen molar-refractivity contribution in [3.05, 3.63) is 48.3 Å². The second kappa shape index (κ2) is 8.96. The van der Waals surface area contributed by atoms with Gasteiger partial charge >= 0.3 is 0 Å². The van der Waals surface area contributed by atoms with Crippen molar-refractivity contribution in [2.24, 2.45) is 5.92 Å². The third-order valence-electron chi connectivity index (χ3n) is 3.88. The van der Waals surface area contributed by atoms with E-state index < -0.39 is 0 Å². The smallest absolute Gasteiger partial charge is 0.220 e. The third kappa shape index (κ3) is 5.61. The lowest BCUT2D eigenvalue weighted by atomic mass is 10.0. The minimum atomic E-state index is -0.0401. The average Bonchev–Trinajstić information content (AvgIpc) is 3.08. The molecule has 0 saturated carbocycles. The molecule has 2 aromatic rings. The Balaban J connectivity index is 1.76. The monoisotopic (exact) mass is 328 g/mol. The summed E-state index contributed by atoms with van der Waals surface area (Å²) >= 11 is 0. The van der Waals surface area contributed by atoms with E-state index in [2.05, 4.69) is 15.5 Å². The van der Waals surface area contributed by atoms with Gasteiger partial charge in [-0.3, -0.25) is 9.59 Å². The Labute approximate surface area is 142 Å². The van der Waals surface area contributed by atoms with E-state index in [0.717, 1.165) is 0 Å². The second-order valence-corrected chi connectivity index (χ2v) is 6.14. The number of nitrogens with one attached hydrogen (secondary N) is 1. The number of aromatic nitrogens is 3. The number of ketones is 1. The number of nitrogens with zero attached hydrogens (tertiary/aromatic N) is 3. The molecule has 1 heterocycles. The molecular weight excluding hydrogens is 304 g/mol. The summed E-state index contributed by atoms with van der Waals surface area (Å²) in [6.07, 6.45) is 4.51. The van der Waals surface area contributed by atoms with Gasteiger partial charge in [0.25, 0.3) is 0 Å². The Morgan fingerprint density at radius 3 is 2.38 bits per heavy atom. The summed E-state index contributed by atoms with van der Waals surface area (Å²) < 4.78 is 0. The van der Waals surface area contributed by atoms with E-state index in [4.69, 9.17) is 0 Å². The number of benzene rings is 1. The van der Waals surface area contributed by atoms with Gasteiger partial charge < -0.3 is 5.32 Å². The predicted molar refractivity (Wildman–Crippen MR) is 91.4 cm³/mol. The molecule has 1 aromatic heterocycles. The van der Waals surface area contributed by atoms with Crippen LogP contribution in [0.2, 0.25) is 0 Å². The average molecular weight is 328 g/mol. The van der Waals surface area contributed by atoms with Gasteiger partial charge in [0.05, 0.1) is 25.0 Å². The van der Waals surface area contributed by atoms with E-state index in [-0.39, 0.29) is 23.7 Å². The molecule has 0 aliphatic rings.